The first kappa shape index (κ1) is 17.3. The van der Waals surface area contributed by atoms with Gasteiger partial charge in [-0.3, -0.25) is 4.79 Å². The van der Waals surface area contributed by atoms with E-state index in [2.05, 4.69) is 6.92 Å². The van der Waals surface area contributed by atoms with E-state index in [1.165, 1.54) is 18.9 Å². The van der Waals surface area contributed by atoms with E-state index in [0.29, 0.717) is 5.75 Å². The zero-order valence-electron chi connectivity index (χ0n) is 13.5. The molecule has 0 spiro atoms. The van der Waals surface area contributed by atoms with Crippen LogP contribution in [0.2, 0.25) is 0 Å². The molecule has 0 heterocycles. The molecule has 1 aromatic carbocycles. The molecule has 0 saturated heterocycles. The van der Waals surface area contributed by atoms with E-state index in [1.54, 1.807) is 24.3 Å². The van der Waals surface area contributed by atoms with Crippen LogP contribution in [0.3, 0.4) is 0 Å². The van der Waals surface area contributed by atoms with Gasteiger partial charge in [-0.05, 0) is 55.4 Å². The molecule has 1 saturated carbocycles. The largest absolute Gasteiger partial charge is 0.478 e. The average molecular weight is 316 g/mol. The topological polar surface area (TPSA) is 63.6 Å². The van der Waals surface area contributed by atoms with Crippen LogP contribution in [0.4, 0.5) is 0 Å². The summed E-state index contributed by atoms with van der Waals surface area (Å²) in [5.74, 6) is 0.158. The van der Waals surface area contributed by atoms with Crippen molar-refractivity contribution in [1.29, 1.82) is 0 Å². The van der Waals surface area contributed by atoms with Crippen LogP contribution in [0.1, 0.15) is 51.0 Å². The van der Waals surface area contributed by atoms with Crippen molar-refractivity contribution in [3.8, 4) is 5.75 Å². The Hall–Kier alpha value is -2.10. The number of esters is 1. The molecule has 1 aliphatic carbocycles. The van der Waals surface area contributed by atoms with Gasteiger partial charge in [0.05, 0.1) is 5.92 Å². The lowest BCUT2D eigenvalue weighted by Gasteiger charge is -2.26. The highest BCUT2D eigenvalue weighted by molar-refractivity contribution is 5.85. The van der Waals surface area contributed by atoms with Crippen LogP contribution in [-0.4, -0.2) is 17.0 Å². The maximum absolute atomic E-state index is 12.2. The van der Waals surface area contributed by atoms with Crippen molar-refractivity contribution >= 4 is 18.0 Å². The summed E-state index contributed by atoms with van der Waals surface area (Å²) in [4.78, 5) is 22.7. The van der Waals surface area contributed by atoms with E-state index < -0.39 is 5.97 Å². The van der Waals surface area contributed by atoms with Gasteiger partial charge in [0, 0.05) is 6.08 Å². The Balaban J connectivity index is 1.85. The van der Waals surface area contributed by atoms with E-state index in [9.17, 15) is 9.59 Å². The monoisotopic (exact) mass is 316 g/mol. The molecule has 4 nitrogen and oxygen atoms in total. The minimum Gasteiger partial charge on any atom is -0.478 e. The van der Waals surface area contributed by atoms with E-state index in [-0.39, 0.29) is 11.9 Å². The third-order valence-corrected chi connectivity index (χ3v) is 4.39. The molecular weight excluding hydrogens is 292 g/mol. The number of benzene rings is 1. The normalized spacial score (nSPS) is 21.3. The van der Waals surface area contributed by atoms with Crippen LogP contribution in [0.5, 0.6) is 5.75 Å². The summed E-state index contributed by atoms with van der Waals surface area (Å²) in [6, 6.07) is 6.87. The standard InChI is InChI=1S/C19H24O4/c1-2-3-14-4-9-16(10-5-14)19(22)23-17-11-6-15(7-12-17)8-13-18(20)21/h6-8,11-14,16H,2-5,9-10H2,1H3,(H,20,21). The Bertz CT molecular complexity index is 551. The van der Waals surface area contributed by atoms with Gasteiger partial charge in [-0.1, -0.05) is 31.9 Å². The van der Waals surface area contributed by atoms with E-state index in [0.717, 1.165) is 43.2 Å². The zero-order chi connectivity index (χ0) is 16.7. The Morgan fingerprint density at radius 2 is 1.83 bits per heavy atom. The van der Waals surface area contributed by atoms with Gasteiger partial charge in [0.1, 0.15) is 5.75 Å². The molecule has 0 aliphatic heterocycles. The summed E-state index contributed by atoms with van der Waals surface area (Å²) >= 11 is 0. The highest BCUT2D eigenvalue weighted by Crippen LogP contribution is 2.32. The number of aliphatic carboxylic acids is 1. The predicted octanol–water partition coefficient (Wildman–Crippen LogP) is 4.30. The molecule has 0 atom stereocenters. The van der Waals surface area contributed by atoms with Gasteiger partial charge in [0.2, 0.25) is 0 Å². The van der Waals surface area contributed by atoms with Crippen LogP contribution in [0, 0.1) is 11.8 Å². The Kier molecular flexibility index (Phi) is 6.39. The lowest BCUT2D eigenvalue weighted by atomic mass is 9.80. The number of hydrogen-bond donors (Lipinski definition) is 1. The molecule has 0 unspecified atom stereocenters. The molecule has 0 radical (unpaired) electrons. The molecule has 1 aliphatic rings. The molecule has 0 amide bonds. The number of rotatable bonds is 6. The number of carbonyl (C=O) groups excluding carboxylic acids is 1. The maximum atomic E-state index is 12.2. The summed E-state index contributed by atoms with van der Waals surface area (Å²) in [5.41, 5.74) is 0.757. The first-order valence-electron chi connectivity index (χ1n) is 8.31. The first-order chi connectivity index (χ1) is 11.1. The van der Waals surface area contributed by atoms with Crippen molar-refractivity contribution in [3.63, 3.8) is 0 Å². The second kappa shape index (κ2) is 8.51. The highest BCUT2D eigenvalue weighted by atomic mass is 16.5. The maximum Gasteiger partial charge on any atom is 0.328 e. The third-order valence-electron chi connectivity index (χ3n) is 4.39. The summed E-state index contributed by atoms with van der Waals surface area (Å²) in [7, 11) is 0. The smallest absolute Gasteiger partial charge is 0.328 e. The molecule has 1 fully saturated rings. The SMILES string of the molecule is CCCC1CCC(C(=O)Oc2ccc(C=CC(=O)O)cc2)CC1. The first-order valence-corrected chi connectivity index (χ1v) is 8.31. The van der Waals surface area contributed by atoms with Gasteiger partial charge in [0.15, 0.2) is 0 Å². The highest BCUT2D eigenvalue weighted by Gasteiger charge is 2.27. The lowest BCUT2D eigenvalue weighted by molar-refractivity contribution is -0.140. The minimum absolute atomic E-state index is 0.00897. The number of carbonyl (C=O) groups is 2. The quantitative estimate of drug-likeness (QED) is 0.483. The third kappa shape index (κ3) is 5.55. The van der Waals surface area contributed by atoms with Crippen molar-refractivity contribution in [3.05, 3.63) is 35.9 Å². The molecule has 23 heavy (non-hydrogen) atoms. The average Bonchev–Trinajstić information content (AvgIpc) is 2.55. The van der Waals surface area contributed by atoms with Gasteiger partial charge in [-0.2, -0.15) is 0 Å². The number of hydrogen-bond acceptors (Lipinski definition) is 3. The number of carboxylic acid groups (broad SMARTS) is 1. The minimum atomic E-state index is -0.987. The molecule has 1 N–H and O–H groups in total. The van der Waals surface area contributed by atoms with E-state index >= 15 is 0 Å². The van der Waals surface area contributed by atoms with Crippen molar-refractivity contribution in [2.45, 2.75) is 45.4 Å². The van der Waals surface area contributed by atoms with Crippen molar-refractivity contribution in [2.75, 3.05) is 0 Å². The van der Waals surface area contributed by atoms with E-state index in [1.807, 2.05) is 0 Å². The van der Waals surface area contributed by atoms with Gasteiger partial charge < -0.3 is 9.84 Å². The van der Waals surface area contributed by atoms with Gasteiger partial charge in [-0.15, -0.1) is 0 Å². The summed E-state index contributed by atoms with van der Waals surface area (Å²) in [6.45, 7) is 2.20. The number of carboxylic acids is 1. The second-order valence-electron chi connectivity index (χ2n) is 6.17. The van der Waals surface area contributed by atoms with Gasteiger partial charge in [0.25, 0.3) is 0 Å². The fraction of sp³-hybridized carbons (Fsp3) is 0.474. The van der Waals surface area contributed by atoms with Gasteiger partial charge >= 0.3 is 11.9 Å². The zero-order valence-corrected chi connectivity index (χ0v) is 13.5. The molecule has 2 rings (SSSR count). The summed E-state index contributed by atoms with van der Waals surface area (Å²) in [6.07, 6.45) is 9.12. The van der Waals surface area contributed by atoms with Crippen molar-refractivity contribution < 1.29 is 19.4 Å². The fourth-order valence-electron chi connectivity index (χ4n) is 3.11. The molecule has 4 heteroatoms. The van der Waals surface area contributed by atoms with Crippen LogP contribution in [0.15, 0.2) is 30.3 Å². The van der Waals surface area contributed by atoms with Gasteiger partial charge in [-0.25, -0.2) is 4.79 Å². The lowest BCUT2D eigenvalue weighted by Crippen LogP contribution is -2.25. The molecule has 1 aromatic rings. The van der Waals surface area contributed by atoms with Crippen LogP contribution in [0.25, 0.3) is 6.08 Å². The molecule has 0 bridgehead atoms. The van der Waals surface area contributed by atoms with E-state index in [4.69, 9.17) is 9.84 Å². The summed E-state index contributed by atoms with van der Waals surface area (Å²) < 4.78 is 5.45. The van der Waals surface area contributed by atoms with Crippen molar-refractivity contribution in [2.24, 2.45) is 11.8 Å². The molecular formula is C19H24O4. The summed E-state index contributed by atoms with van der Waals surface area (Å²) in [5, 5.41) is 8.59. The Morgan fingerprint density at radius 1 is 1.17 bits per heavy atom. The molecule has 0 aromatic heterocycles. The van der Waals surface area contributed by atoms with Crippen LogP contribution < -0.4 is 4.74 Å². The fourth-order valence-corrected chi connectivity index (χ4v) is 3.11. The van der Waals surface area contributed by atoms with Crippen LogP contribution >= 0.6 is 0 Å². The number of ether oxygens (including phenoxy) is 1. The van der Waals surface area contributed by atoms with Crippen molar-refractivity contribution in [1.82, 2.24) is 0 Å². The Labute approximate surface area is 137 Å². The predicted molar refractivity (Wildman–Crippen MR) is 89.1 cm³/mol. The second-order valence-corrected chi connectivity index (χ2v) is 6.17. The van der Waals surface area contributed by atoms with Crippen LogP contribution in [-0.2, 0) is 9.59 Å². The molecule has 124 valence electrons. The Morgan fingerprint density at radius 3 is 2.39 bits per heavy atom.